The lowest BCUT2D eigenvalue weighted by Crippen LogP contribution is -2.09. The van der Waals surface area contributed by atoms with Crippen LogP contribution in [0.1, 0.15) is 17.3 Å². The first kappa shape index (κ1) is 13.8. The van der Waals surface area contributed by atoms with Gasteiger partial charge in [-0.05, 0) is 12.1 Å². The molecule has 0 amide bonds. The number of hydrogen-bond donors (Lipinski definition) is 1. The van der Waals surface area contributed by atoms with Crippen molar-refractivity contribution in [1.29, 1.82) is 0 Å². The lowest BCUT2D eigenvalue weighted by molar-refractivity contribution is -0.131. The molecule has 0 bridgehead atoms. The third-order valence-electron chi connectivity index (χ3n) is 2.92. The fraction of sp³-hybridized carbons (Fsp3) is 0.125. The fourth-order valence-corrected chi connectivity index (χ4v) is 1.92. The first-order chi connectivity index (χ1) is 9.49. The van der Waals surface area contributed by atoms with Crippen molar-refractivity contribution in [1.82, 2.24) is 0 Å². The van der Waals surface area contributed by atoms with E-state index in [1.165, 1.54) is 25.1 Å². The van der Waals surface area contributed by atoms with Crippen molar-refractivity contribution in [3.63, 3.8) is 0 Å². The van der Waals surface area contributed by atoms with Gasteiger partial charge in [-0.1, -0.05) is 30.9 Å². The molecule has 102 valence electrons. The predicted molar refractivity (Wildman–Crippen MR) is 74.7 cm³/mol. The number of carbonyl (C=O) groups is 2. The fourth-order valence-electron chi connectivity index (χ4n) is 1.92. The van der Waals surface area contributed by atoms with Gasteiger partial charge in [0.25, 0.3) is 0 Å². The maximum atomic E-state index is 12.3. The van der Waals surface area contributed by atoms with E-state index in [0.29, 0.717) is 5.57 Å². The first-order valence-corrected chi connectivity index (χ1v) is 6.09. The molecule has 0 atom stereocenters. The number of hydrogen-bond acceptors (Lipinski definition) is 4. The number of phenols is 1. The zero-order chi connectivity index (χ0) is 14.7. The summed E-state index contributed by atoms with van der Waals surface area (Å²) in [6.07, 6.45) is 7.38. The Labute approximate surface area is 116 Å². The van der Waals surface area contributed by atoms with Crippen LogP contribution in [0.5, 0.6) is 11.5 Å². The van der Waals surface area contributed by atoms with Crippen molar-refractivity contribution < 1.29 is 19.4 Å². The molecule has 0 saturated carbocycles. The van der Waals surface area contributed by atoms with Crippen molar-refractivity contribution >= 4 is 11.8 Å². The molecular formula is C16H14O4. The van der Waals surface area contributed by atoms with Gasteiger partial charge < -0.3 is 9.84 Å². The first-order valence-electron chi connectivity index (χ1n) is 6.09. The molecule has 0 radical (unpaired) electrons. The van der Waals surface area contributed by atoms with E-state index < -0.39 is 5.97 Å². The van der Waals surface area contributed by atoms with Gasteiger partial charge >= 0.3 is 5.97 Å². The van der Waals surface area contributed by atoms with Crippen molar-refractivity contribution in [3.05, 3.63) is 60.2 Å². The van der Waals surface area contributed by atoms with Gasteiger partial charge in [0.15, 0.2) is 5.78 Å². The Hall–Kier alpha value is -2.62. The van der Waals surface area contributed by atoms with Crippen molar-refractivity contribution in [2.24, 2.45) is 5.92 Å². The molecule has 1 N–H and O–H groups in total. The molecule has 0 unspecified atom stereocenters. The number of esters is 1. The average molecular weight is 270 g/mol. The summed E-state index contributed by atoms with van der Waals surface area (Å²) in [6.45, 7) is 5.04. The Bertz CT molecular complexity index is 626. The summed E-state index contributed by atoms with van der Waals surface area (Å²) in [5, 5.41) is 9.88. The summed E-state index contributed by atoms with van der Waals surface area (Å²) in [6, 6.07) is 4.12. The van der Waals surface area contributed by atoms with Gasteiger partial charge in [0.1, 0.15) is 11.5 Å². The van der Waals surface area contributed by atoms with Crippen molar-refractivity contribution in [3.8, 4) is 11.5 Å². The molecule has 4 heteroatoms. The number of Topliss-reactive ketones (excluding diaryl/α,β-unsaturated/α-hetero) is 1. The molecule has 0 aromatic heterocycles. The van der Waals surface area contributed by atoms with Crippen LogP contribution in [0.3, 0.4) is 0 Å². The molecule has 1 aliphatic rings. The van der Waals surface area contributed by atoms with Crippen LogP contribution in [0.4, 0.5) is 0 Å². The normalized spacial score (nSPS) is 13.4. The highest BCUT2D eigenvalue weighted by atomic mass is 16.5. The molecule has 0 heterocycles. The largest absolute Gasteiger partial charge is 0.507 e. The van der Waals surface area contributed by atoms with Gasteiger partial charge in [-0.15, -0.1) is 0 Å². The highest BCUT2D eigenvalue weighted by Gasteiger charge is 2.20. The second-order valence-corrected chi connectivity index (χ2v) is 4.42. The minimum atomic E-state index is -0.492. The molecule has 1 aromatic carbocycles. The van der Waals surface area contributed by atoms with Crippen LogP contribution >= 0.6 is 0 Å². The minimum Gasteiger partial charge on any atom is -0.507 e. The van der Waals surface area contributed by atoms with Gasteiger partial charge in [-0.25, -0.2) is 0 Å². The van der Waals surface area contributed by atoms with Crippen molar-refractivity contribution in [2.75, 3.05) is 0 Å². The molecule has 1 aromatic rings. The highest BCUT2D eigenvalue weighted by Crippen LogP contribution is 2.28. The van der Waals surface area contributed by atoms with E-state index in [1.54, 1.807) is 0 Å². The second-order valence-electron chi connectivity index (χ2n) is 4.42. The maximum absolute atomic E-state index is 12.3. The summed E-state index contributed by atoms with van der Waals surface area (Å²) >= 11 is 0. The number of phenolic OH excluding ortho intramolecular Hbond substituents is 1. The molecule has 4 nitrogen and oxygen atoms in total. The van der Waals surface area contributed by atoms with Crippen LogP contribution in [0.2, 0.25) is 0 Å². The number of carbonyl (C=O) groups excluding carboxylic acids is 2. The summed E-state index contributed by atoms with van der Waals surface area (Å²) in [7, 11) is 0. The standard InChI is InChI=1S/C16H14O4/c1-10(12-5-3-4-6-12)16(19)14-8-7-13(9-15(14)18)20-11(2)17/h3-9,12,18H,1H2,2H3. The Morgan fingerprint density at radius 3 is 2.45 bits per heavy atom. The number of rotatable bonds is 4. The van der Waals surface area contributed by atoms with E-state index in [9.17, 15) is 14.7 Å². The van der Waals surface area contributed by atoms with E-state index >= 15 is 0 Å². The molecular weight excluding hydrogens is 256 g/mol. The average Bonchev–Trinajstić information content (AvgIpc) is 2.90. The van der Waals surface area contributed by atoms with Crippen LogP contribution in [0, 0.1) is 5.92 Å². The maximum Gasteiger partial charge on any atom is 0.308 e. The monoisotopic (exact) mass is 270 g/mol. The number of benzene rings is 1. The van der Waals surface area contributed by atoms with E-state index in [2.05, 4.69) is 6.58 Å². The van der Waals surface area contributed by atoms with E-state index in [0.717, 1.165) is 0 Å². The quantitative estimate of drug-likeness (QED) is 0.395. The molecule has 0 aliphatic heterocycles. The van der Waals surface area contributed by atoms with Gasteiger partial charge in [0, 0.05) is 24.5 Å². The van der Waals surface area contributed by atoms with Gasteiger partial charge in [-0.3, -0.25) is 9.59 Å². The number of ether oxygens (including phenoxy) is 1. The second kappa shape index (κ2) is 5.57. The molecule has 1 aliphatic carbocycles. The number of aromatic hydroxyl groups is 1. The lowest BCUT2D eigenvalue weighted by atomic mass is 9.94. The molecule has 0 spiro atoms. The van der Waals surface area contributed by atoms with Crippen LogP contribution in [-0.2, 0) is 4.79 Å². The molecule has 20 heavy (non-hydrogen) atoms. The Kier molecular flexibility index (Phi) is 3.84. The third kappa shape index (κ3) is 2.85. The summed E-state index contributed by atoms with van der Waals surface area (Å²) in [5.41, 5.74) is 0.519. The van der Waals surface area contributed by atoms with Gasteiger partial charge in [0.2, 0.25) is 0 Å². The molecule has 0 saturated heterocycles. The topological polar surface area (TPSA) is 63.6 Å². The lowest BCUT2D eigenvalue weighted by Gasteiger charge is -2.11. The summed E-state index contributed by atoms with van der Waals surface area (Å²) < 4.78 is 4.84. The van der Waals surface area contributed by atoms with Crippen LogP contribution in [-0.4, -0.2) is 16.9 Å². The number of allylic oxidation sites excluding steroid dienone is 5. The third-order valence-corrected chi connectivity index (χ3v) is 2.92. The van der Waals surface area contributed by atoms with Crippen LogP contribution in [0.25, 0.3) is 0 Å². The summed E-state index contributed by atoms with van der Waals surface area (Å²) in [4.78, 5) is 23.1. The highest BCUT2D eigenvalue weighted by molar-refractivity contribution is 6.10. The zero-order valence-electron chi connectivity index (χ0n) is 11.0. The Balaban J connectivity index is 2.22. The molecule has 0 fully saturated rings. The van der Waals surface area contributed by atoms with E-state index in [1.807, 2.05) is 24.3 Å². The van der Waals surface area contributed by atoms with Crippen molar-refractivity contribution in [2.45, 2.75) is 6.92 Å². The zero-order valence-corrected chi connectivity index (χ0v) is 11.0. The van der Waals surface area contributed by atoms with Gasteiger partial charge in [0.05, 0.1) is 5.56 Å². The summed E-state index contributed by atoms with van der Waals surface area (Å²) in [5.74, 6) is -1.01. The van der Waals surface area contributed by atoms with Gasteiger partial charge in [-0.2, -0.15) is 0 Å². The number of ketones is 1. The van der Waals surface area contributed by atoms with Crippen LogP contribution in [0.15, 0.2) is 54.7 Å². The predicted octanol–water partition coefficient (Wildman–Crippen LogP) is 2.80. The van der Waals surface area contributed by atoms with E-state index in [4.69, 9.17) is 4.74 Å². The van der Waals surface area contributed by atoms with E-state index in [-0.39, 0.29) is 28.8 Å². The Morgan fingerprint density at radius 1 is 1.25 bits per heavy atom. The minimum absolute atomic E-state index is 0.139. The Morgan fingerprint density at radius 2 is 1.90 bits per heavy atom. The SMILES string of the molecule is C=C(C(=O)c1ccc(OC(C)=O)cc1O)C1C=CC=C1. The smallest absolute Gasteiger partial charge is 0.308 e. The van der Waals surface area contributed by atoms with Crippen LogP contribution < -0.4 is 4.74 Å². The molecule has 2 rings (SSSR count).